The van der Waals surface area contributed by atoms with Gasteiger partial charge in [-0.15, -0.1) is 0 Å². The molecule has 0 saturated heterocycles. The van der Waals surface area contributed by atoms with E-state index in [-0.39, 0.29) is 5.41 Å². The molecule has 2 aromatic carbocycles. The molecule has 0 spiro atoms. The maximum Gasteiger partial charge on any atom is 0.0249 e. The van der Waals surface area contributed by atoms with Crippen molar-refractivity contribution in [3.8, 4) is 11.1 Å². The van der Waals surface area contributed by atoms with Crippen LogP contribution in [0.2, 0.25) is 0 Å². The fraction of sp³-hybridized carbons (Fsp3) is 0.556. The summed E-state index contributed by atoms with van der Waals surface area (Å²) in [7, 11) is 0. The molecule has 27 heavy (non-hydrogen) atoms. The van der Waals surface area contributed by atoms with Gasteiger partial charge in [0.2, 0.25) is 0 Å². The Kier molecular flexibility index (Phi) is 4.22. The second-order valence-corrected chi connectivity index (χ2v) is 9.72. The summed E-state index contributed by atoms with van der Waals surface area (Å²) in [6, 6.07) is 16.6. The van der Waals surface area contributed by atoms with Gasteiger partial charge in [0.15, 0.2) is 0 Å². The van der Waals surface area contributed by atoms with Crippen molar-refractivity contribution < 1.29 is 0 Å². The van der Waals surface area contributed by atoms with Gasteiger partial charge in [-0.05, 0) is 70.8 Å². The van der Waals surface area contributed by atoms with E-state index in [1.165, 1.54) is 50.5 Å². The van der Waals surface area contributed by atoms with Crippen molar-refractivity contribution in [1.82, 2.24) is 0 Å². The minimum Gasteiger partial charge on any atom is -0.0654 e. The molecule has 142 valence electrons. The molecule has 0 amide bonds. The highest BCUT2D eigenvalue weighted by atomic mass is 14.6. The van der Waals surface area contributed by atoms with Crippen molar-refractivity contribution in [2.75, 3.05) is 0 Å². The molecule has 0 aromatic heterocycles. The minimum atomic E-state index is 0.281. The molecule has 0 aliphatic heterocycles. The SMILES string of the molecule is CCCCC[C@@]12c3ccccc3-c3cccc(c31)C(C)[C@@H]1CC[C@@H](C)CC12. The number of rotatable bonds is 4. The highest BCUT2D eigenvalue weighted by molar-refractivity contribution is 5.83. The summed E-state index contributed by atoms with van der Waals surface area (Å²) in [5.74, 6) is 3.27. The molecule has 5 atom stereocenters. The Labute approximate surface area is 165 Å². The van der Waals surface area contributed by atoms with Crippen LogP contribution in [-0.4, -0.2) is 0 Å². The molecule has 1 saturated carbocycles. The molecule has 0 nitrogen and oxygen atoms in total. The first-order chi connectivity index (χ1) is 13.2. The van der Waals surface area contributed by atoms with E-state index < -0.39 is 0 Å². The molecule has 1 fully saturated rings. The fourth-order valence-electron chi connectivity index (χ4n) is 7.20. The lowest BCUT2D eigenvalue weighted by atomic mass is 9.49. The van der Waals surface area contributed by atoms with Crippen LogP contribution in [0.5, 0.6) is 0 Å². The lowest BCUT2D eigenvalue weighted by Gasteiger charge is -2.54. The summed E-state index contributed by atoms with van der Waals surface area (Å²) in [5, 5.41) is 0. The monoisotopic (exact) mass is 358 g/mol. The average Bonchev–Trinajstić information content (AvgIpc) is 2.99. The van der Waals surface area contributed by atoms with E-state index in [4.69, 9.17) is 0 Å². The van der Waals surface area contributed by atoms with Crippen LogP contribution in [0.15, 0.2) is 42.5 Å². The molecule has 0 N–H and O–H groups in total. The predicted octanol–water partition coefficient (Wildman–Crippen LogP) is 7.70. The molecule has 3 aliphatic carbocycles. The summed E-state index contributed by atoms with van der Waals surface area (Å²) >= 11 is 0. The topological polar surface area (TPSA) is 0 Å². The summed E-state index contributed by atoms with van der Waals surface area (Å²) in [6.45, 7) is 7.37. The zero-order valence-electron chi connectivity index (χ0n) is 17.3. The van der Waals surface area contributed by atoms with Gasteiger partial charge in [-0.1, -0.05) is 88.9 Å². The Morgan fingerprint density at radius 1 is 0.926 bits per heavy atom. The first-order valence-electron chi connectivity index (χ1n) is 11.4. The summed E-state index contributed by atoms with van der Waals surface area (Å²) < 4.78 is 0. The third-order valence-corrected chi connectivity index (χ3v) is 8.35. The highest BCUT2D eigenvalue weighted by Crippen LogP contribution is 2.66. The summed E-state index contributed by atoms with van der Waals surface area (Å²) in [4.78, 5) is 0. The molecule has 0 bridgehead atoms. The Hall–Kier alpha value is -1.56. The van der Waals surface area contributed by atoms with Crippen LogP contribution in [0, 0.1) is 17.8 Å². The second kappa shape index (κ2) is 6.50. The Morgan fingerprint density at radius 3 is 2.59 bits per heavy atom. The van der Waals surface area contributed by atoms with Crippen LogP contribution in [-0.2, 0) is 5.41 Å². The van der Waals surface area contributed by atoms with Crippen molar-refractivity contribution in [3.05, 3.63) is 59.2 Å². The van der Waals surface area contributed by atoms with E-state index in [1.54, 1.807) is 22.3 Å². The van der Waals surface area contributed by atoms with Crippen LogP contribution >= 0.6 is 0 Å². The van der Waals surface area contributed by atoms with E-state index >= 15 is 0 Å². The van der Waals surface area contributed by atoms with Crippen LogP contribution in [0.25, 0.3) is 11.1 Å². The zero-order chi connectivity index (χ0) is 18.6. The Morgan fingerprint density at radius 2 is 1.74 bits per heavy atom. The predicted molar refractivity (Wildman–Crippen MR) is 115 cm³/mol. The number of unbranched alkanes of at least 4 members (excludes halogenated alkanes) is 2. The molecule has 2 unspecified atom stereocenters. The number of benzene rings is 2. The van der Waals surface area contributed by atoms with Crippen LogP contribution in [0.4, 0.5) is 0 Å². The standard InChI is InChI=1S/C27H34/c1-4-5-8-16-27-24-13-7-6-10-22(24)23-12-9-11-21(26(23)27)19(3)20-15-14-18(2)17-25(20)27/h6-7,9-13,18-20,25H,4-5,8,14-17H2,1-3H3/t18-,19?,20+,25?,27+/m1/s1. The molecule has 0 heteroatoms. The van der Waals surface area contributed by atoms with Gasteiger partial charge in [-0.2, -0.15) is 0 Å². The third kappa shape index (κ3) is 2.35. The maximum atomic E-state index is 2.53. The van der Waals surface area contributed by atoms with Gasteiger partial charge in [0.25, 0.3) is 0 Å². The number of hydrogen-bond donors (Lipinski definition) is 0. The van der Waals surface area contributed by atoms with Crippen molar-refractivity contribution in [3.63, 3.8) is 0 Å². The van der Waals surface area contributed by atoms with Gasteiger partial charge in [-0.3, -0.25) is 0 Å². The van der Waals surface area contributed by atoms with E-state index in [0.29, 0.717) is 5.92 Å². The van der Waals surface area contributed by atoms with Gasteiger partial charge >= 0.3 is 0 Å². The average molecular weight is 359 g/mol. The molecule has 3 aliphatic rings. The molecule has 0 heterocycles. The normalized spacial score (nSPS) is 33.3. The Bertz CT molecular complexity index is 847. The van der Waals surface area contributed by atoms with Crippen LogP contribution in [0.1, 0.15) is 88.3 Å². The lowest BCUT2D eigenvalue weighted by molar-refractivity contribution is 0.0832. The molecular formula is C27H34. The van der Waals surface area contributed by atoms with E-state index in [9.17, 15) is 0 Å². The highest BCUT2D eigenvalue weighted by Gasteiger charge is 2.56. The van der Waals surface area contributed by atoms with Crippen molar-refractivity contribution >= 4 is 0 Å². The van der Waals surface area contributed by atoms with E-state index in [0.717, 1.165) is 17.8 Å². The first kappa shape index (κ1) is 17.5. The van der Waals surface area contributed by atoms with E-state index in [1.807, 2.05) is 0 Å². The second-order valence-electron chi connectivity index (χ2n) is 9.72. The third-order valence-electron chi connectivity index (χ3n) is 8.35. The maximum absolute atomic E-state index is 2.53. The van der Waals surface area contributed by atoms with Crippen molar-refractivity contribution in [2.45, 2.75) is 77.0 Å². The molecule has 2 aromatic rings. The minimum absolute atomic E-state index is 0.281. The van der Waals surface area contributed by atoms with Crippen LogP contribution < -0.4 is 0 Å². The van der Waals surface area contributed by atoms with Crippen molar-refractivity contribution in [2.24, 2.45) is 17.8 Å². The fourth-order valence-corrected chi connectivity index (χ4v) is 7.20. The largest absolute Gasteiger partial charge is 0.0654 e. The van der Waals surface area contributed by atoms with Gasteiger partial charge in [0.1, 0.15) is 0 Å². The smallest absolute Gasteiger partial charge is 0.0249 e. The quantitative estimate of drug-likeness (QED) is 0.491. The summed E-state index contributed by atoms with van der Waals surface area (Å²) in [6.07, 6.45) is 9.66. The van der Waals surface area contributed by atoms with E-state index in [2.05, 4.69) is 63.2 Å². The molecular weight excluding hydrogens is 324 g/mol. The Balaban J connectivity index is 1.78. The molecule has 0 radical (unpaired) electrons. The first-order valence-corrected chi connectivity index (χ1v) is 11.4. The number of hydrogen-bond acceptors (Lipinski definition) is 0. The van der Waals surface area contributed by atoms with Gasteiger partial charge in [0.05, 0.1) is 0 Å². The van der Waals surface area contributed by atoms with Gasteiger partial charge in [-0.25, -0.2) is 0 Å². The van der Waals surface area contributed by atoms with Crippen LogP contribution in [0.3, 0.4) is 0 Å². The van der Waals surface area contributed by atoms with Gasteiger partial charge in [0, 0.05) is 5.41 Å². The lowest BCUT2D eigenvalue weighted by Crippen LogP contribution is -2.47. The molecule has 5 rings (SSSR count). The van der Waals surface area contributed by atoms with Gasteiger partial charge < -0.3 is 0 Å². The summed E-state index contributed by atoms with van der Waals surface area (Å²) in [5.41, 5.74) is 8.46. The zero-order valence-corrected chi connectivity index (χ0v) is 17.3. The number of fused-ring (bicyclic) bond motifs is 5. The van der Waals surface area contributed by atoms with Crippen molar-refractivity contribution in [1.29, 1.82) is 0 Å².